The van der Waals surface area contributed by atoms with Crippen LogP contribution in [0.4, 0.5) is 5.95 Å². The molecule has 0 saturated carbocycles. The van der Waals surface area contributed by atoms with Crippen molar-refractivity contribution in [3.05, 3.63) is 30.0 Å². The van der Waals surface area contributed by atoms with Crippen molar-refractivity contribution in [3.63, 3.8) is 0 Å². The van der Waals surface area contributed by atoms with Gasteiger partial charge < -0.3 is 18.9 Å². The number of hydrogen-bond acceptors (Lipinski definition) is 7. The van der Waals surface area contributed by atoms with E-state index in [1.165, 1.54) is 12.8 Å². The van der Waals surface area contributed by atoms with Gasteiger partial charge in [-0.05, 0) is 43.1 Å². The number of hydrogen-bond donors (Lipinski definition) is 1. The Hall–Kier alpha value is -1.86. The standard InChI is InChI=1S/C17H26N4O3/c1-20(2)17-18-16(24-19-17)12-21-9-5-3-4-7-13(21)11-14(22)15-8-6-10-23-15/h6,8,10,13-14,22H,3-5,7,9,11-12H2,1-2H3. The van der Waals surface area contributed by atoms with Crippen molar-refractivity contribution >= 4 is 5.95 Å². The van der Waals surface area contributed by atoms with Crippen LogP contribution in [0, 0.1) is 0 Å². The molecule has 0 aliphatic carbocycles. The third-order valence-corrected chi connectivity index (χ3v) is 4.56. The molecule has 132 valence electrons. The predicted molar refractivity (Wildman–Crippen MR) is 89.6 cm³/mol. The number of rotatable bonds is 6. The Bertz CT molecular complexity index is 611. The number of furan rings is 1. The number of likely N-dealkylation sites (tertiary alicyclic amines) is 1. The molecule has 2 unspecified atom stereocenters. The van der Waals surface area contributed by atoms with Gasteiger partial charge in [-0.15, -0.1) is 0 Å². The maximum Gasteiger partial charge on any atom is 0.265 e. The summed E-state index contributed by atoms with van der Waals surface area (Å²) in [5, 5.41) is 14.4. The number of aliphatic hydroxyl groups excluding tert-OH is 1. The van der Waals surface area contributed by atoms with Crippen LogP contribution in [0.15, 0.2) is 27.3 Å². The summed E-state index contributed by atoms with van der Waals surface area (Å²) in [6, 6.07) is 3.92. The van der Waals surface area contributed by atoms with E-state index >= 15 is 0 Å². The lowest BCUT2D eigenvalue weighted by Gasteiger charge is -2.29. The molecule has 2 atom stereocenters. The molecule has 1 aliphatic rings. The summed E-state index contributed by atoms with van der Waals surface area (Å²) in [6.07, 6.45) is 6.29. The summed E-state index contributed by atoms with van der Waals surface area (Å²) in [5.41, 5.74) is 0. The highest BCUT2D eigenvalue weighted by Gasteiger charge is 2.26. The van der Waals surface area contributed by atoms with E-state index in [1.54, 1.807) is 6.26 Å². The lowest BCUT2D eigenvalue weighted by Crippen LogP contribution is -2.35. The highest BCUT2D eigenvalue weighted by molar-refractivity contribution is 5.23. The Labute approximate surface area is 142 Å². The zero-order chi connectivity index (χ0) is 16.9. The van der Waals surface area contributed by atoms with Crippen LogP contribution in [-0.4, -0.2) is 46.8 Å². The van der Waals surface area contributed by atoms with Gasteiger partial charge in [-0.3, -0.25) is 4.90 Å². The maximum atomic E-state index is 10.4. The average Bonchev–Trinajstić information content (AvgIpc) is 3.20. The van der Waals surface area contributed by atoms with Gasteiger partial charge in [-0.2, -0.15) is 4.98 Å². The molecule has 3 rings (SSSR count). The first-order valence-corrected chi connectivity index (χ1v) is 8.59. The Balaban J connectivity index is 1.67. The van der Waals surface area contributed by atoms with Crippen LogP contribution in [0.3, 0.4) is 0 Å². The van der Waals surface area contributed by atoms with Crippen LogP contribution in [0.1, 0.15) is 49.9 Å². The van der Waals surface area contributed by atoms with Crippen LogP contribution in [-0.2, 0) is 6.54 Å². The van der Waals surface area contributed by atoms with Crippen LogP contribution in [0.2, 0.25) is 0 Å². The number of nitrogens with zero attached hydrogens (tertiary/aromatic N) is 4. The minimum atomic E-state index is -0.578. The summed E-state index contributed by atoms with van der Waals surface area (Å²) in [7, 11) is 3.78. The van der Waals surface area contributed by atoms with Gasteiger partial charge in [-0.25, -0.2) is 0 Å². The Morgan fingerprint density at radius 1 is 1.38 bits per heavy atom. The first-order valence-electron chi connectivity index (χ1n) is 8.59. The molecule has 7 nitrogen and oxygen atoms in total. The highest BCUT2D eigenvalue weighted by Crippen LogP contribution is 2.27. The lowest BCUT2D eigenvalue weighted by molar-refractivity contribution is 0.0779. The van der Waals surface area contributed by atoms with E-state index in [1.807, 2.05) is 31.1 Å². The van der Waals surface area contributed by atoms with E-state index in [0.29, 0.717) is 30.6 Å². The summed E-state index contributed by atoms with van der Waals surface area (Å²) in [6.45, 7) is 1.60. The highest BCUT2D eigenvalue weighted by atomic mass is 16.5. The van der Waals surface area contributed by atoms with E-state index < -0.39 is 6.10 Å². The van der Waals surface area contributed by atoms with Gasteiger partial charge in [0.1, 0.15) is 11.9 Å². The van der Waals surface area contributed by atoms with E-state index in [4.69, 9.17) is 8.94 Å². The minimum absolute atomic E-state index is 0.280. The molecule has 3 heterocycles. The van der Waals surface area contributed by atoms with Crippen molar-refractivity contribution in [1.29, 1.82) is 0 Å². The fourth-order valence-electron chi connectivity index (χ4n) is 3.23. The van der Waals surface area contributed by atoms with Crippen molar-refractivity contribution in [2.24, 2.45) is 0 Å². The molecule has 7 heteroatoms. The topological polar surface area (TPSA) is 78.8 Å². The van der Waals surface area contributed by atoms with Gasteiger partial charge in [0.15, 0.2) is 0 Å². The van der Waals surface area contributed by atoms with Crippen molar-refractivity contribution in [2.75, 3.05) is 25.5 Å². The smallest absolute Gasteiger partial charge is 0.265 e. The molecule has 0 radical (unpaired) electrons. The summed E-state index contributed by atoms with van der Waals surface area (Å²) >= 11 is 0. The molecule has 0 spiro atoms. The van der Waals surface area contributed by atoms with E-state index in [-0.39, 0.29) is 6.04 Å². The molecule has 2 aromatic heterocycles. The van der Waals surface area contributed by atoms with Gasteiger partial charge in [-0.1, -0.05) is 12.8 Å². The molecule has 1 aliphatic heterocycles. The zero-order valence-electron chi connectivity index (χ0n) is 14.4. The van der Waals surface area contributed by atoms with Crippen LogP contribution in [0.5, 0.6) is 0 Å². The van der Waals surface area contributed by atoms with E-state index in [2.05, 4.69) is 15.0 Å². The third kappa shape index (κ3) is 4.15. The van der Waals surface area contributed by atoms with Crippen LogP contribution < -0.4 is 4.90 Å². The Morgan fingerprint density at radius 3 is 2.96 bits per heavy atom. The van der Waals surface area contributed by atoms with Crippen molar-refractivity contribution in [2.45, 2.75) is 50.8 Å². The summed E-state index contributed by atoms with van der Waals surface area (Å²) < 4.78 is 10.7. The van der Waals surface area contributed by atoms with Crippen molar-refractivity contribution in [1.82, 2.24) is 15.0 Å². The SMILES string of the molecule is CN(C)c1noc(CN2CCCCCC2CC(O)c2ccco2)n1. The van der Waals surface area contributed by atoms with E-state index in [9.17, 15) is 5.11 Å². The third-order valence-electron chi connectivity index (χ3n) is 4.56. The van der Waals surface area contributed by atoms with Gasteiger partial charge in [0, 0.05) is 20.1 Å². The number of aliphatic hydroxyl groups is 1. The molecule has 1 saturated heterocycles. The fraction of sp³-hybridized carbons (Fsp3) is 0.647. The normalized spacial score (nSPS) is 20.7. The average molecular weight is 334 g/mol. The Morgan fingerprint density at radius 2 is 2.25 bits per heavy atom. The van der Waals surface area contributed by atoms with E-state index in [0.717, 1.165) is 19.4 Å². The second kappa shape index (κ2) is 7.81. The van der Waals surface area contributed by atoms with Crippen molar-refractivity contribution in [3.8, 4) is 0 Å². The molecule has 24 heavy (non-hydrogen) atoms. The van der Waals surface area contributed by atoms with Crippen molar-refractivity contribution < 1.29 is 14.0 Å². The minimum Gasteiger partial charge on any atom is -0.467 e. The van der Waals surface area contributed by atoms with Gasteiger partial charge >= 0.3 is 0 Å². The largest absolute Gasteiger partial charge is 0.467 e. The molecule has 0 bridgehead atoms. The second-order valence-corrected chi connectivity index (χ2v) is 6.62. The maximum absolute atomic E-state index is 10.4. The molecule has 0 amide bonds. The van der Waals surface area contributed by atoms with Crippen LogP contribution in [0.25, 0.3) is 0 Å². The molecule has 0 aromatic carbocycles. The zero-order valence-corrected chi connectivity index (χ0v) is 14.4. The predicted octanol–water partition coefficient (Wildman–Crippen LogP) is 2.60. The lowest BCUT2D eigenvalue weighted by atomic mass is 10.0. The van der Waals surface area contributed by atoms with Gasteiger partial charge in [0.2, 0.25) is 5.89 Å². The molecular weight excluding hydrogens is 308 g/mol. The second-order valence-electron chi connectivity index (χ2n) is 6.62. The monoisotopic (exact) mass is 334 g/mol. The van der Waals surface area contributed by atoms with Gasteiger partial charge in [0.05, 0.1) is 12.8 Å². The molecule has 2 aromatic rings. The first-order chi connectivity index (χ1) is 11.6. The van der Waals surface area contributed by atoms with Gasteiger partial charge in [0.25, 0.3) is 5.95 Å². The fourth-order valence-corrected chi connectivity index (χ4v) is 3.23. The van der Waals surface area contributed by atoms with Crippen LogP contribution >= 0.6 is 0 Å². The summed E-state index contributed by atoms with van der Waals surface area (Å²) in [5.74, 6) is 1.84. The molecular formula is C17H26N4O3. The molecule has 1 N–H and O–H groups in total. The summed E-state index contributed by atoms with van der Waals surface area (Å²) in [4.78, 5) is 8.60. The quantitative estimate of drug-likeness (QED) is 0.870. The first kappa shape index (κ1) is 17.0. The number of aromatic nitrogens is 2. The number of anilines is 1. The molecule has 1 fully saturated rings. The Kier molecular flexibility index (Phi) is 5.52.